The van der Waals surface area contributed by atoms with Crippen molar-refractivity contribution >= 4 is 0 Å². The molecule has 1 aromatic heterocycles. The highest BCUT2D eigenvalue weighted by atomic mass is 16.4. The Morgan fingerprint density at radius 1 is 1.53 bits per heavy atom. The molecule has 0 saturated carbocycles. The number of hydrogen-bond acceptors (Lipinski definition) is 4. The lowest BCUT2D eigenvalue weighted by Gasteiger charge is -2.12. The standard InChI is InChI=1S/C9H13N3O3/c1-2-6-3-4-8(15-6)9(14)7(13)5-11-12-10/h3-4,7,9,13-14H,2,5H2,1H3. The van der Waals surface area contributed by atoms with Gasteiger partial charge in [0.1, 0.15) is 17.6 Å². The summed E-state index contributed by atoms with van der Waals surface area (Å²) in [5, 5.41) is 22.2. The average Bonchev–Trinajstić information content (AvgIpc) is 2.73. The van der Waals surface area contributed by atoms with Crippen LogP contribution in [0.15, 0.2) is 21.7 Å². The van der Waals surface area contributed by atoms with Crippen LogP contribution >= 0.6 is 0 Å². The number of azide groups is 1. The lowest BCUT2D eigenvalue weighted by molar-refractivity contribution is 0.0106. The first-order chi connectivity index (χ1) is 7.19. The zero-order valence-electron chi connectivity index (χ0n) is 8.37. The molecule has 1 heterocycles. The molecule has 6 heteroatoms. The van der Waals surface area contributed by atoms with Crippen molar-refractivity contribution in [3.8, 4) is 0 Å². The molecule has 0 fully saturated rings. The number of nitrogens with zero attached hydrogens (tertiary/aromatic N) is 3. The Balaban J connectivity index is 2.66. The molecule has 1 rings (SSSR count). The van der Waals surface area contributed by atoms with Crippen LogP contribution in [0.1, 0.15) is 24.5 Å². The van der Waals surface area contributed by atoms with Crippen LogP contribution < -0.4 is 0 Å². The Kier molecular flexibility index (Phi) is 4.17. The summed E-state index contributed by atoms with van der Waals surface area (Å²) in [5.74, 6) is 1.02. The van der Waals surface area contributed by atoms with E-state index in [9.17, 15) is 10.2 Å². The van der Waals surface area contributed by atoms with Gasteiger partial charge in [0.2, 0.25) is 0 Å². The van der Waals surface area contributed by atoms with Crippen LogP contribution in [-0.2, 0) is 6.42 Å². The van der Waals surface area contributed by atoms with E-state index in [4.69, 9.17) is 9.95 Å². The van der Waals surface area contributed by atoms with Crippen molar-refractivity contribution in [2.24, 2.45) is 5.11 Å². The van der Waals surface area contributed by atoms with Gasteiger partial charge in [0.15, 0.2) is 0 Å². The fourth-order valence-electron chi connectivity index (χ4n) is 1.15. The summed E-state index contributed by atoms with van der Waals surface area (Å²) >= 11 is 0. The second-order valence-electron chi connectivity index (χ2n) is 3.08. The monoisotopic (exact) mass is 211 g/mol. The normalized spacial score (nSPS) is 14.3. The van der Waals surface area contributed by atoms with Crippen molar-refractivity contribution in [1.82, 2.24) is 0 Å². The van der Waals surface area contributed by atoms with E-state index in [0.717, 1.165) is 12.2 Å². The number of aryl methyl sites for hydroxylation is 1. The predicted molar refractivity (Wildman–Crippen MR) is 53.1 cm³/mol. The second-order valence-corrected chi connectivity index (χ2v) is 3.08. The van der Waals surface area contributed by atoms with Crippen molar-refractivity contribution in [2.45, 2.75) is 25.6 Å². The Bertz CT molecular complexity index is 357. The summed E-state index contributed by atoms with van der Waals surface area (Å²) in [6.45, 7) is 1.74. The van der Waals surface area contributed by atoms with Crippen LogP contribution in [0, 0.1) is 0 Å². The molecule has 0 aliphatic rings. The molecule has 2 unspecified atom stereocenters. The Morgan fingerprint density at radius 3 is 2.80 bits per heavy atom. The minimum atomic E-state index is -1.16. The Hall–Kier alpha value is -1.49. The molecule has 0 saturated heterocycles. The van der Waals surface area contributed by atoms with Gasteiger partial charge in [-0.05, 0) is 17.7 Å². The van der Waals surface area contributed by atoms with Gasteiger partial charge in [0.25, 0.3) is 0 Å². The van der Waals surface area contributed by atoms with Crippen molar-refractivity contribution < 1.29 is 14.6 Å². The summed E-state index contributed by atoms with van der Waals surface area (Å²) in [6.07, 6.45) is -1.58. The van der Waals surface area contributed by atoms with Gasteiger partial charge in [-0.15, -0.1) is 0 Å². The first-order valence-corrected chi connectivity index (χ1v) is 4.64. The molecular formula is C9H13N3O3. The largest absolute Gasteiger partial charge is 0.463 e. The molecule has 0 aliphatic carbocycles. The van der Waals surface area contributed by atoms with Gasteiger partial charge in [-0.1, -0.05) is 12.0 Å². The van der Waals surface area contributed by atoms with Gasteiger partial charge in [-0.3, -0.25) is 0 Å². The molecule has 0 spiro atoms. The third-order valence-corrected chi connectivity index (χ3v) is 2.02. The van der Waals surface area contributed by atoms with E-state index in [0.29, 0.717) is 0 Å². The third-order valence-electron chi connectivity index (χ3n) is 2.02. The van der Waals surface area contributed by atoms with Gasteiger partial charge in [-0.25, -0.2) is 0 Å². The average molecular weight is 211 g/mol. The van der Waals surface area contributed by atoms with Crippen LogP contribution in [0.2, 0.25) is 0 Å². The number of furan rings is 1. The van der Waals surface area contributed by atoms with Crippen LogP contribution in [0.25, 0.3) is 10.4 Å². The van der Waals surface area contributed by atoms with Crippen molar-refractivity contribution in [1.29, 1.82) is 0 Å². The number of aliphatic hydroxyl groups excluding tert-OH is 2. The highest BCUT2D eigenvalue weighted by Crippen LogP contribution is 2.20. The Morgan fingerprint density at radius 2 is 2.27 bits per heavy atom. The molecule has 2 atom stereocenters. The summed E-state index contributed by atoms with van der Waals surface area (Å²) < 4.78 is 5.25. The van der Waals surface area contributed by atoms with Gasteiger partial charge in [0, 0.05) is 11.3 Å². The zero-order valence-corrected chi connectivity index (χ0v) is 8.37. The van der Waals surface area contributed by atoms with E-state index in [1.54, 1.807) is 12.1 Å². The fraction of sp³-hybridized carbons (Fsp3) is 0.556. The van der Waals surface area contributed by atoms with E-state index < -0.39 is 12.2 Å². The minimum Gasteiger partial charge on any atom is -0.463 e. The maximum Gasteiger partial charge on any atom is 0.137 e. The lowest BCUT2D eigenvalue weighted by Crippen LogP contribution is -2.20. The molecule has 6 nitrogen and oxygen atoms in total. The van der Waals surface area contributed by atoms with E-state index in [1.807, 2.05) is 6.92 Å². The van der Waals surface area contributed by atoms with E-state index in [2.05, 4.69) is 10.0 Å². The third kappa shape index (κ3) is 2.99. The number of rotatable bonds is 5. The fourth-order valence-corrected chi connectivity index (χ4v) is 1.15. The molecular weight excluding hydrogens is 198 g/mol. The predicted octanol–water partition coefficient (Wildman–Crippen LogP) is 1.55. The topological polar surface area (TPSA) is 102 Å². The molecule has 0 amide bonds. The highest BCUT2D eigenvalue weighted by molar-refractivity contribution is 5.10. The van der Waals surface area contributed by atoms with Crippen LogP contribution in [0.4, 0.5) is 0 Å². The quantitative estimate of drug-likeness (QED) is 0.438. The van der Waals surface area contributed by atoms with E-state index in [-0.39, 0.29) is 12.3 Å². The molecule has 0 aliphatic heterocycles. The van der Waals surface area contributed by atoms with Gasteiger partial charge >= 0.3 is 0 Å². The van der Waals surface area contributed by atoms with Crippen molar-refractivity contribution in [2.75, 3.05) is 6.54 Å². The lowest BCUT2D eigenvalue weighted by atomic mass is 10.1. The Labute approximate surface area is 86.8 Å². The van der Waals surface area contributed by atoms with Crippen LogP contribution in [-0.4, -0.2) is 22.9 Å². The number of hydrogen-bond donors (Lipinski definition) is 2. The molecule has 0 radical (unpaired) electrons. The van der Waals surface area contributed by atoms with Crippen molar-refractivity contribution in [3.63, 3.8) is 0 Å². The maximum atomic E-state index is 9.60. The second kappa shape index (κ2) is 5.41. The molecule has 0 bridgehead atoms. The highest BCUT2D eigenvalue weighted by Gasteiger charge is 2.20. The van der Waals surface area contributed by atoms with Crippen LogP contribution in [0.5, 0.6) is 0 Å². The van der Waals surface area contributed by atoms with Crippen molar-refractivity contribution in [3.05, 3.63) is 34.1 Å². The summed E-state index contributed by atoms with van der Waals surface area (Å²) in [6, 6.07) is 3.33. The summed E-state index contributed by atoms with van der Waals surface area (Å²) in [4.78, 5) is 2.50. The first-order valence-electron chi connectivity index (χ1n) is 4.64. The maximum absolute atomic E-state index is 9.60. The molecule has 15 heavy (non-hydrogen) atoms. The minimum absolute atomic E-state index is 0.181. The first kappa shape index (κ1) is 11.6. The van der Waals surface area contributed by atoms with Crippen LogP contribution in [0.3, 0.4) is 0 Å². The molecule has 2 N–H and O–H groups in total. The summed E-state index contributed by atoms with van der Waals surface area (Å²) in [5.41, 5.74) is 8.05. The SMILES string of the molecule is CCc1ccc(C(O)C(O)CN=[N+]=[N-])o1. The molecule has 82 valence electrons. The number of aliphatic hydroxyl groups is 2. The van der Waals surface area contributed by atoms with Gasteiger partial charge < -0.3 is 14.6 Å². The van der Waals surface area contributed by atoms with Gasteiger partial charge in [0.05, 0.1) is 12.6 Å². The molecule has 1 aromatic rings. The van der Waals surface area contributed by atoms with Gasteiger partial charge in [-0.2, -0.15) is 0 Å². The smallest absolute Gasteiger partial charge is 0.137 e. The van der Waals surface area contributed by atoms with E-state index in [1.165, 1.54) is 0 Å². The molecule has 0 aromatic carbocycles. The van der Waals surface area contributed by atoms with E-state index >= 15 is 0 Å². The summed E-state index contributed by atoms with van der Waals surface area (Å²) in [7, 11) is 0. The zero-order chi connectivity index (χ0) is 11.3.